The van der Waals surface area contributed by atoms with Crippen LogP contribution in [0.25, 0.3) is 0 Å². The minimum Gasteiger partial charge on any atom is -0.444 e. The van der Waals surface area contributed by atoms with Gasteiger partial charge in [-0.1, -0.05) is 0 Å². The van der Waals surface area contributed by atoms with Crippen LogP contribution in [-0.4, -0.2) is 53.8 Å². The summed E-state index contributed by atoms with van der Waals surface area (Å²) in [6.45, 7) is 8.48. The Hall–Kier alpha value is -0.420. The van der Waals surface area contributed by atoms with Crippen molar-refractivity contribution in [3.8, 4) is 0 Å². The van der Waals surface area contributed by atoms with Crippen LogP contribution in [-0.2, 0) is 4.74 Å². The van der Waals surface area contributed by atoms with Crippen LogP contribution in [0.5, 0.6) is 0 Å². The largest absolute Gasteiger partial charge is 0.444 e. The van der Waals surface area contributed by atoms with Crippen molar-refractivity contribution in [3.63, 3.8) is 0 Å². The van der Waals surface area contributed by atoms with Gasteiger partial charge in [0.05, 0.1) is 0 Å². The molecule has 3 unspecified atom stereocenters. The SMILES string of the molecule is CSC1CCC(NCC2CCCN(C(=O)OC(C)(C)C)C2)C1. The maximum absolute atomic E-state index is 12.2. The molecule has 0 aromatic heterocycles. The van der Waals surface area contributed by atoms with Gasteiger partial charge in [-0.25, -0.2) is 4.79 Å². The number of piperidine rings is 1. The third-order valence-electron chi connectivity index (χ3n) is 4.58. The quantitative estimate of drug-likeness (QED) is 0.857. The van der Waals surface area contributed by atoms with E-state index < -0.39 is 5.60 Å². The van der Waals surface area contributed by atoms with E-state index in [9.17, 15) is 4.79 Å². The average molecular weight is 329 g/mol. The molecule has 2 aliphatic rings. The smallest absolute Gasteiger partial charge is 0.410 e. The van der Waals surface area contributed by atoms with E-state index in [1.54, 1.807) is 0 Å². The van der Waals surface area contributed by atoms with E-state index >= 15 is 0 Å². The minimum absolute atomic E-state index is 0.152. The molecular weight excluding hydrogens is 296 g/mol. The van der Waals surface area contributed by atoms with Gasteiger partial charge in [0.15, 0.2) is 0 Å². The first-order valence-electron chi connectivity index (χ1n) is 8.61. The molecule has 0 bridgehead atoms. The summed E-state index contributed by atoms with van der Waals surface area (Å²) in [5.74, 6) is 0.564. The Morgan fingerprint density at radius 1 is 1.32 bits per heavy atom. The van der Waals surface area contributed by atoms with E-state index in [4.69, 9.17) is 4.74 Å². The average Bonchev–Trinajstić information content (AvgIpc) is 2.92. The zero-order chi connectivity index (χ0) is 16.2. The van der Waals surface area contributed by atoms with Gasteiger partial charge in [-0.3, -0.25) is 0 Å². The zero-order valence-electron chi connectivity index (χ0n) is 14.6. The number of likely N-dealkylation sites (tertiary alicyclic amines) is 1. The molecule has 1 saturated heterocycles. The number of nitrogens with one attached hydrogen (secondary N) is 1. The number of carbonyl (C=O) groups is 1. The summed E-state index contributed by atoms with van der Waals surface area (Å²) in [6, 6.07) is 0.675. The van der Waals surface area contributed by atoms with Crippen LogP contribution in [0.1, 0.15) is 52.9 Å². The van der Waals surface area contributed by atoms with Gasteiger partial charge in [0.2, 0.25) is 0 Å². The number of ether oxygens (including phenoxy) is 1. The van der Waals surface area contributed by atoms with Crippen LogP contribution >= 0.6 is 11.8 Å². The minimum atomic E-state index is -0.404. The zero-order valence-corrected chi connectivity index (χ0v) is 15.4. The first-order chi connectivity index (χ1) is 10.4. The summed E-state index contributed by atoms with van der Waals surface area (Å²) >= 11 is 2.00. The first kappa shape index (κ1) is 17.9. The number of amides is 1. The van der Waals surface area contributed by atoms with Crippen molar-refractivity contribution in [2.24, 2.45) is 5.92 Å². The lowest BCUT2D eigenvalue weighted by molar-refractivity contribution is 0.0165. The maximum Gasteiger partial charge on any atom is 0.410 e. The summed E-state index contributed by atoms with van der Waals surface area (Å²) in [5.41, 5.74) is -0.404. The molecule has 0 spiro atoms. The van der Waals surface area contributed by atoms with E-state index in [0.29, 0.717) is 12.0 Å². The van der Waals surface area contributed by atoms with Crippen molar-refractivity contribution < 1.29 is 9.53 Å². The molecule has 1 saturated carbocycles. The molecule has 0 aromatic rings. The van der Waals surface area contributed by atoms with Crippen LogP contribution < -0.4 is 5.32 Å². The Labute approximate surface area is 139 Å². The summed E-state index contributed by atoms with van der Waals surface area (Å²) in [7, 11) is 0. The fraction of sp³-hybridized carbons (Fsp3) is 0.941. The topological polar surface area (TPSA) is 41.6 Å². The number of hydrogen-bond acceptors (Lipinski definition) is 4. The number of nitrogens with zero attached hydrogens (tertiary/aromatic N) is 1. The second kappa shape index (κ2) is 7.91. The maximum atomic E-state index is 12.2. The van der Waals surface area contributed by atoms with Gasteiger partial charge in [0.25, 0.3) is 0 Å². The van der Waals surface area contributed by atoms with Crippen LogP contribution in [0.4, 0.5) is 4.79 Å². The first-order valence-corrected chi connectivity index (χ1v) is 9.90. The summed E-state index contributed by atoms with van der Waals surface area (Å²) in [5, 5.41) is 4.57. The van der Waals surface area contributed by atoms with Crippen LogP contribution in [0, 0.1) is 5.92 Å². The molecule has 0 radical (unpaired) electrons. The Bertz CT molecular complexity index is 370. The van der Waals surface area contributed by atoms with Gasteiger partial charge in [-0.05, 0) is 71.6 Å². The van der Waals surface area contributed by atoms with Crippen molar-refractivity contribution in [1.29, 1.82) is 0 Å². The van der Waals surface area contributed by atoms with Gasteiger partial charge < -0.3 is 15.0 Å². The molecule has 2 fully saturated rings. The molecule has 5 heteroatoms. The van der Waals surface area contributed by atoms with Crippen LogP contribution in [0.15, 0.2) is 0 Å². The fourth-order valence-electron chi connectivity index (χ4n) is 3.40. The lowest BCUT2D eigenvalue weighted by atomic mass is 9.98. The molecular formula is C17H32N2O2S. The molecule has 4 nitrogen and oxygen atoms in total. The van der Waals surface area contributed by atoms with Gasteiger partial charge in [-0.2, -0.15) is 11.8 Å². The molecule has 128 valence electrons. The number of carbonyl (C=O) groups excluding carboxylic acids is 1. The Balaban J connectivity index is 1.73. The van der Waals surface area contributed by atoms with Gasteiger partial charge in [0.1, 0.15) is 5.60 Å². The molecule has 1 N–H and O–H groups in total. The second-order valence-electron chi connectivity index (χ2n) is 7.71. The molecule has 3 atom stereocenters. The summed E-state index contributed by atoms with van der Waals surface area (Å²) < 4.78 is 5.50. The number of thioether (sulfide) groups is 1. The highest BCUT2D eigenvalue weighted by Crippen LogP contribution is 2.28. The Morgan fingerprint density at radius 3 is 2.73 bits per heavy atom. The van der Waals surface area contributed by atoms with Crippen LogP contribution in [0.3, 0.4) is 0 Å². The van der Waals surface area contributed by atoms with Crippen molar-refractivity contribution in [3.05, 3.63) is 0 Å². The van der Waals surface area contributed by atoms with Crippen molar-refractivity contribution in [1.82, 2.24) is 10.2 Å². The Morgan fingerprint density at radius 2 is 2.09 bits per heavy atom. The third kappa shape index (κ3) is 5.65. The van der Waals surface area contributed by atoms with E-state index in [1.807, 2.05) is 37.4 Å². The van der Waals surface area contributed by atoms with Crippen molar-refractivity contribution in [2.45, 2.75) is 69.8 Å². The third-order valence-corrected chi connectivity index (χ3v) is 5.68. The van der Waals surface area contributed by atoms with E-state index in [-0.39, 0.29) is 6.09 Å². The fourth-order valence-corrected chi connectivity index (χ4v) is 4.19. The van der Waals surface area contributed by atoms with Crippen molar-refractivity contribution in [2.75, 3.05) is 25.9 Å². The normalized spacial score (nSPS) is 29.6. The predicted octanol–water partition coefficient (Wildman–Crippen LogP) is 3.51. The predicted molar refractivity (Wildman–Crippen MR) is 93.5 cm³/mol. The van der Waals surface area contributed by atoms with E-state index in [2.05, 4.69) is 11.6 Å². The summed E-state index contributed by atoms with van der Waals surface area (Å²) in [4.78, 5) is 14.1. The van der Waals surface area contributed by atoms with Gasteiger partial charge >= 0.3 is 6.09 Å². The molecule has 22 heavy (non-hydrogen) atoms. The van der Waals surface area contributed by atoms with E-state index in [1.165, 1.54) is 25.7 Å². The van der Waals surface area contributed by atoms with Crippen LogP contribution in [0.2, 0.25) is 0 Å². The lowest BCUT2D eigenvalue weighted by Crippen LogP contribution is -2.45. The highest BCUT2D eigenvalue weighted by molar-refractivity contribution is 7.99. The molecule has 0 aromatic carbocycles. The highest BCUT2D eigenvalue weighted by Gasteiger charge is 2.29. The monoisotopic (exact) mass is 328 g/mol. The number of rotatable bonds is 4. The standard InChI is InChI=1S/C17H32N2O2S/c1-17(2,3)21-16(20)19-9-5-6-13(12-19)11-18-14-7-8-15(10-14)22-4/h13-15,18H,5-12H2,1-4H3. The summed E-state index contributed by atoms with van der Waals surface area (Å²) in [6.07, 6.45) is 8.30. The molecule has 2 rings (SSSR count). The molecule has 1 amide bonds. The van der Waals surface area contributed by atoms with Gasteiger partial charge in [-0.15, -0.1) is 0 Å². The molecule has 1 heterocycles. The molecule has 1 aliphatic carbocycles. The number of hydrogen-bond donors (Lipinski definition) is 1. The lowest BCUT2D eigenvalue weighted by Gasteiger charge is -2.34. The molecule has 1 aliphatic heterocycles. The van der Waals surface area contributed by atoms with Crippen molar-refractivity contribution >= 4 is 17.9 Å². The van der Waals surface area contributed by atoms with Gasteiger partial charge in [0, 0.05) is 24.4 Å². The Kier molecular flexibility index (Phi) is 6.45. The highest BCUT2D eigenvalue weighted by atomic mass is 32.2. The van der Waals surface area contributed by atoms with E-state index in [0.717, 1.165) is 31.3 Å². The second-order valence-corrected chi connectivity index (χ2v) is 8.85.